The summed E-state index contributed by atoms with van der Waals surface area (Å²) in [5.74, 6) is 0.843. The van der Waals surface area contributed by atoms with E-state index in [0.29, 0.717) is 17.1 Å². The Balaban J connectivity index is 1.62. The molecule has 1 aliphatic heterocycles. The molecule has 0 bridgehead atoms. The van der Waals surface area contributed by atoms with Crippen LogP contribution in [0.5, 0.6) is 17.2 Å². The zero-order chi connectivity index (χ0) is 16.2. The number of rotatable bonds is 3. The summed E-state index contributed by atoms with van der Waals surface area (Å²) in [7, 11) is 0. The zero-order valence-corrected chi connectivity index (χ0v) is 13.5. The molecule has 0 fully saturated rings. The minimum absolute atomic E-state index is 0.113. The number of amides is 1. The van der Waals surface area contributed by atoms with Gasteiger partial charge in [-0.3, -0.25) is 4.79 Å². The highest BCUT2D eigenvalue weighted by Gasteiger charge is 2.26. The summed E-state index contributed by atoms with van der Waals surface area (Å²) < 4.78 is 11.8. The molecule has 0 radical (unpaired) electrons. The van der Waals surface area contributed by atoms with Crippen LogP contribution >= 0.6 is 15.9 Å². The number of nitrogens with zero attached hydrogens (tertiary/aromatic N) is 1. The van der Waals surface area contributed by atoms with Crippen LogP contribution in [0.3, 0.4) is 0 Å². The lowest BCUT2D eigenvalue weighted by Gasteiger charge is -2.24. The summed E-state index contributed by atoms with van der Waals surface area (Å²) >= 11 is 3.33. The van der Waals surface area contributed by atoms with Crippen molar-refractivity contribution in [2.45, 2.75) is 6.10 Å². The van der Waals surface area contributed by atoms with Gasteiger partial charge in [0.25, 0.3) is 5.91 Å². The third kappa shape index (κ3) is 3.62. The number of ether oxygens (including phenoxy) is 2. The van der Waals surface area contributed by atoms with Crippen molar-refractivity contribution >= 4 is 28.1 Å². The lowest BCUT2D eigenvalue weighted by Crippen LogP contribution is -2.42. The van der Waals surface area contributed by atoms with Gasteiger partial charge in [0.05, 0.1) is 6.21 Å². The van der Waals surface area contributed by atoms with Crippen molar-refractivity contribution in [1.82, 2.24) is 5.43 Å². The highest BCUT2D eigenvalue weighted by molar-refractivity contribution is 9.10. The van der Waals surface area contributed by atoms with Gasteiger partial charge in [0.15, 0.2) is 11.5 Å². The summed E-state index contributed by atoms with van der Waals surface area (Å²) in [5, 5.41) is 13.3. The molecule has 0 spiro atoms. The molecule has 7 heteroatoms. The van der Waals surface area contributed by atoms with E-state index in [2.05, 4.69) is 26.5 Å². The van der Waals surface area contributed by atoms with E-state index in [-0.39, 0.29) is 12.4 Å². The number of carbonyl (C=O) groups excluding carboxylic acids is 1. The Bertz CT molecular complexity index is 763. The minimum atomic E-state index is -0.769. The third-order valence-electron chi connectivity index (χ3n) is 3.16. The Labute approximate surface area is 140 Å². The van der Waals surface area contributed by atoms with Crippen molar-refractivity contribution in [3.63, 3.8) is 0 Å². The van der Waals surface area contributed by atoms with Crippen LogP contribution in [0.15, 0.2) is 52.0 Å². The second-order valence-electron chi connectivity index (χ2n) is 4.80. The van der Waals surface area contributed by atoms with Crippen LogP contribution in [-0.4, -0.2) is 29.9 Å². The molecular weight excluding hydrogens is 364 g/mol. The number of hydrazone groups is 1. The molecular formula is C16H13BrN2O4. The number of hydrogen-bond donors (Lipinski definition) is 2. The third-order valence-corrected chi connectivity index (χ3v) is 3.88. The summed E-state index contributed by atoms with van der Waals surface area (Å²) in [6, 6.07) is 11.9. The second kappa shape index (κ2) is 6.70. The molecule has 6 nitrogen and oxygen atoms in total. The van der Waals surface area contributed by atoms with E-state index in [1.54, 1.807) is 30.3 Å². The SMILES string of the molecule is O=C(NN=Cc1cc(O)ccc1Br)C1COc2ccccc2O1. The van der Waals surface area contributed by atoms with Gasteiger partial charge in [0, 0.05) is 10.0 Å². The van der Waals surface area contributed by atoms with Gasteiger partial charge < -0.3 is 14.6 Å². The smallest absolute Gasteiger partial charge is 0.284 e. The van der Waals surface area contributed by atoms with Crippen LogP contribution in [0, 0.1) is 0 Å². The number of aromatic hydroxyl groups is 1. The van der Waals surface area contributed by atoms with Gasteiger partial charge in [-0.1, -0.05) is 28.1 Å². The number of benzene rings is 2. The lowest BCUT2D eigenvalue weighted by atomic mass is 10.2. The average Bonchev–Trinajstić information content (AvgIpc) is 2.57. The van der Waals surface area contributed by atoms with Gasteiger partial charge in [-0.2, -0.15) is 5.10 Å². The van der Waals surface area contributed by atoms with E-state index in [1.807, 2.05) is 6.07 Å². The van der Waals surface area contributed by atoms with E-state index >= 15 is 0 Å². The van der Waals surface area contributed by atoms with Gasteiger partial charge in [-0.05, 0) is 30.3 Å². The molecule has 23 heavy (non-hydrogen) atoms. The summed E-state index contributed by atoms with van der Waals surface area (Å²) in [6.07, 6.45) is 0.661. The van der Waals surface area contributed by atoms with Gasteiger partial charge in [0.1, 0.15) is 12.4 Å². The first-order valence-corrected chi connectivity index (χ1v) is 7.63. The fourth-order valence-corrected chi connectivity index (χ4v) is 2.37. The molecule has 0 aliphatic carbocycles. The number of hydrogen-bond acceptors (Lipinski definition) is 5. The number of phenols is 1. The van der Waals surface area contributed by atoms with E-state index in [0.717, 1.165) is 4.47 Å². The molecule has 3 rings (SSSR count). The van der Waals surface area contributed by atoms with Crippen molar-refractivity contribution < 1.29 is 19.4 Å². The Hall–Kier alpha value is -2.54. The van der Waals surface area contributed by atoms with Crippen LogP contribution in [0.25, 0.3) is 0 Å². The summed E-state index contributed by atoms with van der Waals surface area (Å²) in [6.45, 7) is 0.119. The van der Waals surface area contributed by atoms with Crippen LogP contribution < -0.4 is 14.9 Å². The summed E-state index contributed by atoms with van der Waals surface area (Å²) in [4.78, 5) is 12.1. The van der Waals surface area contributed by atoms with Crippen LogP contribution in [-0.2, 0) is 4.79 Å². The molecule has 1 heterocycles. The van der Waals surface area contributed by atoms with Crippen molar-refractivity contribution in [3.05, 3.63) is 52.5 Å². The second-order valence-corrected chi connectivity index (χ2v) is 5.66. The Morgan fingerprint density at radius 3 is 2.91 bits per heavy atom. The Kier molecular flexibility index (Phi) is 4.47. The average molecular weight is 377 g/mol. The monoisotopic (exact) mass is 376 g/mol. The van der Waals surface area contributed by atoms with Crippen molar-refractivity contribution in [1.29, 1.82) is 0 Å². The fourth-order valence-electron chi connectivity index (χ4n) is 2.02. The number of nitrogens with one attached hydrogen (secondary N) is 1. The van der Waals surface area contributed by atoms with Crippen molar-refractivity contribution in [3.8, 4) is 17.2 Å². The van der Waals surface area contributed by atoms with Crippen molar-refractivity contribution in [2.75, 3.05) is 6.61 Å². The molecule has 118 valence electrons. The highest BCUT2D eigenvalue weighted by atomic mass is 79.9. The van der Waals surface area contributed by atoms with Crippen molar-refractivity contribution in [2.24, 2.45) is 5.10 Å². The molecule has 1 aliphatic rings. The summed E-state index contributed by atoms with van der Waals surface area (Å²) in [5.41, 5.74) is 3.04. The maximum atomic E-state index is 12.1. The first kappa shape index (κ1) is 15.4. The van der Waals surface area contributed by atoms with Crippen LogP contribution in [0.4, 0.5) is 0 Å². The van der Waals surface area contributed by atoms with E-state index in [9.17, 15) is 9.90 Å². The number of para-hydroxylation sites is 2. The maximum absolute atomic E-state index is 12.1. The van der Waals surface area contributed by atoms with Crippen LogP contribution in [0.2, 0.25) is 0 Å². The maximum Gasteiger partial charge on any atom is 0.284 e. The lowest BCUT2D eigenvalue weighted by molar-refractivity contribution is -0.130. The molecule has 1 amide bonds. The molecule has 2 N–H and O–H groups in total. The zero-order valence-electron chi connectivity index (χ0n) is 11.9. The predicted octanol–water partition coefficient (Wildman–Crippen LogP) is 2.44. The predicted molar refractivity (Wildman–Crippen MR) is 87.9 cm³/mol. The topological polar surface area (TPSA) is 80.2 Å². The van der Waals surface area contributed by atoms with E-state index in [4.69, 9.17) is 9.47 Å². The first-order chi connectivity index (χ1) is 11.1. The number of halogens is 1. The minimum Gasteiger partial charge on any atom is -0.508 e. The number of phenolic OH excluding ortho intramolecular Hbond substituents is 1. The molecule has 0 aromatic heterocycles. The van der Waals surface area contributed by atoms with E-state index < -0.39 is 12.0 Å². The quantitative estimate of drug-likeness (QED) is 0.636. The van der Waals surface area contributed by atoms with Crippen LogP contribution in [0.1, 0.15) is 5.56 Å². The molecule has 1 atom stereocenters. The standard InChI is InChI=1S/C16H13BrN2O4/c17-12-6-5-11(20)7-10(12)8-18-19-16(21)15-9-22-13-3-1-2-4-14(13)23-15/h1-8,15,20H,9H2,(H,19,21). The largest absolute Gasteiger partial charge is 0.508 e. The number of fused-ring (bicyclic) bond motifs is 1. The highest BCUT2D eigenvalue weighted by Crippen LogP contribution is 2.30. The van der Waals surface area contributed by atoms with E-state index in [1.165, 1.54) is 12.3 Å². The normalized spacial score (nSPS) is 16.3. The van der Waals surface area contributed by atoms with Gasteiger partial charge in [0.2, 0.25) is 6.10 Å². The Morgan fingerprint density at radius 1 is 1.30 bits per heavy atom. The molecule has 1 unspecified atom stereocenters. The molecule has 0 saturated heterocycles. The molecule has 2 aromatic rings. The Morgan fingerprint density at radius 2 is 2.09 bits per heavy atom. The molecule has 0 saturated carbocycles. The molecule has 2 aromatic carbocycles. The first-order valence-electron chi connectivity index (χ1n) is 6.83. The fraction of sp³-hybridized carbons (Fsp3) is 0.125. The number of carbonyl (C=O) groups is 1. The van der Waals surface area contributed by atoms with Gasteiger partial charge >= 0.3 is 0 Å². The van der Waals surface area contributed by atoms with Gasteiger partial charge in [-0.15, -0.1) is 0 Å². The van der Waals surface area contributed by atoms with Gasteiger partial charge in [-0.25, -0.2) is 5.43 Å².